The Morgan fingerprint density at radius 2 is 2.25 bits per heavy atom. The van der Waals surface area contributed by atoms with E-state index in [1.807, 2.05) is 0 Å². The third kappa shape index (κ3) is 1.06. The van der Waals surface area contributed by atoms with E-state index in [9.17, 15) is 0 Å². The molecular weight excluding hydrogens is 146 g/mol. The standard InChI is InChI=1S/C11H13N/c1-3-9-5-4-6-11-10(9)7-8(2)12-11/h4-6H,3,7H2,1-2H3. The first kappa shape index (κ1) is 7.53. The van der Waals surface area contributed by atoms with E-state index in [2.05, 4.69) is 37.0 Å². The summed E-state index contributed by atoms with van der Waals surface area (Å²) in [5, 5.41) is 0. The van der Waals surface area contributed by atoms with Crippen molar-refractivity contribution in [3.8, 4) is 0 Å². The van der Waals surface area contributed by atoms with Crippen molar-refractivity contribution in [3.63, 3.8) is 0 Å². The minimum absolute atomic E-state index is 1.05. The lowest BCUT2D eigenvalue weighted by molar-refractivity contribution is 1.10. The maximum atomic E-state index is 4.48. The van der Waals surface area contributed by atoms with Crippen LogP contribution in [0.25, 0.3) is 0 Å². The van der Waals surface area contributed by atoms with Crippen LogP contribution in [0.15, 0.2) is 23.2 Å². The summed E-state index contributed by atoms with van der Waals surface area (Å²) in [6.07, 6.45) is 2.17. The lowest BCUT2D eigenvalue weighted by Gasteiger charge is -2.03. The van der Waals surface area contributed by atoms with E-state index in [4.69, 9.17) is 0 Å². The van der Waals surface area contributed by atoms with E-state index in [-0.39, 0.29) is 0 Å². The summed E-state index contributed by atoms with van der Waals surface area (Å²) < 4.78 is 0. The molecule has 0 unspecified atom stereocenters. The Hall–Kier alpha value is -1.11. The monoisotopic (exact) mass is 159 g/mol. The number of aryl methyl sites for hydroxylation is 1. The molecule has 1 aromatic rings. The molecule has 0 amide bonds. The molecule has 1 heterocycles. The fraction of sp³-hybridized carbons (Fsp3) is 0.364. The maximum Gasteiger partial charge on any atom is 0.0667 e. The summed E-state index contributed by atoms with van der Waals surface area (Å²) in [5.41, 5.74) is 5.32. The van der Waals surface area contributed by atoms with Gasteiger partial charge in [0.15, 0.2) is 0 Å². The minimum Gasteiger partial charge on any atom is -0.257 e. The maximum absolute atomic E-state index is 4.48. The molecule has 0 saturated carbocycles. The number of rotatable bonds is 1. The molecule has 1 aliphatic rings. The van der Waals surface area contributed by atoms with Crippen LogP contribution in [-0.4, -0.2) is 5.71 Å². The Kier molecular flexibility index (Phi) is 1.72. The van der Waals surface area contributed by atoms with Gasteiger partial charge in [0.2, 0.25) is 0 Å². The Morgan fingerprint density at radius 1 is 1.42 bits per heavy atom. The summed E-state index contributed by atoms with van der Waals surface area (Å²) in [7, 11) is 0. The van der Waals surface area contributed by atoms with Crippen LogP contribution in [0.2, 0.25) is 0 Å². The number of nitrogens with zero attached hydrogens (tertiary/aromatic N) is 1. The van der Waals surface area contributed by atoms with E-state index in [1.165, 1.54) is 22.5 Å². The third-order valence-electron chi connectivity index (χ3n) is 2.37. The molecule has 62 valence electrons. The highest BCUT2D eigenvalue weighted by atomic mass is 14.8. The molecule has 1 aromatic carbocycles. The zero-order valence-corrected chi connectivity index (χ0v) is 7.59. The number of hydrogen-bond donors (Lipinski definition) is 0. The van der Waals surface area contributed by atoms with Gasteiger partial charge in [-0.3, -0.25) is 4.99 Å². The number of aliphatic imine (C=N–C) groups is 1. The van der Waals surface area contributed by atoms with Crippen molar-refractivity contribution < 1.29 is 0 Å². The topological polar surface area (TPSA) is 12.4 Å². The Labute approximate surface area is 73.1 Å². The van der Waals surface area contributed by atoms with Crippen LogP contribution >= 0.6 is 0 Å². The van der Waals surface area contributed by atoms with E-state index < -0.39 is 0 Å². The zero-order chi connectivity index (χ0) is 8.55. The van der Waals surface area contributed by atoms with Gasteiger partial charge in [-0.05, 0) is 30.5 Å². The summed E-state index contributed by atoms with van der Waals surface area (Å²) in [6, 6.07) is 6.40. The molecule has 0 radical (unpaired) electrons. The van der Waals surface area contributed by atoms with Gasteiger partial charge in [0.05, 0.1) is 5.69 Å². The van der Waals surface area contributed by atoms with Gasteiger partial charge in [-0.2, -0.15) is 0 Å². The molecular formula is C11H13N. The highest BCUT2D eigenvalue weighted by molar-refractivity contribution is 5.92. The average molecular weight is 159 g/mol. The molecule has 0 aromatic heterocycles. The molecule has 1 aliphatic heterocycles. The first-order valence-corrected chi connectivity index (χ1v) is 4.46. The van der Waals surface area contributed by atoms with Crippen molar-refractivity contribution in [3.05, 3.63) is 29.3 Å². The first-order valence-electron chi connectivity index (χ1n) is 4.46. The number of fused-ring (bicyclic) bond motifs is 1. The SMILES string of the molecule is CCc1cccc2c1CC(C)=N2. The van der Waals surface area contributed by atoms with Crippen molar-refractivity contribution >= 4 is 11.4 Å². The highest BCUT2D eigenvalue weighted by Crippen LogP contribution is 2.29. The van der Waals surface area contributed by atoms with Crippen LogP contribution in [0.1, 0.15) is 25.0 Å². The summed E-state index contributed by atoms with van der Waals surface area (Å²) in [4.78, 5) is 4.48. The molecule has 0 N–H and O–H groups in total. The van der Waals surface area contributed by atoms with Gasteiger partial charge >= 0.3 is 0 Å². The Morgan fingerprint density at radius 3 is 3.00 bits per heavy atom. The van der Waals surface area contributed by atoms with Crippen molar-refractivity contribution in [1.29, 1.82) is 0 Å². The fourth-order valence-corrected chi connectivity index (χ4v) is 1.76. The molecule has 1 heteroatoms. The van der Waals surface area contributed by atoms with Crippen LogP contribution in [-0.2, 0) is 12.8 Å². The van der Waals surface area contributed by atoms with Crippen LogP contribution < -0.4 is 0 Å². The molecule has 2 rings (SSSR count). The second-order valence-corrected chi connectivity index (χ2v) is 3.29. The molecule has 0 spiro atoms. The lowest BCUT2D eigenvalue weighted by atomic mass is 10.0. The number of benzene rings is 1. The van der Waals surface area contributed by atoms with Gasteiger partial charge in [-0.15, -0.1) is 0 Å². The second-order valence-electron chi connectivity index (χ2n) is 3.29. The molecule has 0 aliphatic carbocycles. The zero-order valence-electron chi connectivity index (χ0n) is 7.59. The lowest BCUT2D eigenvalue weighted by Crippen LogP contribution is -1.93. The third-order valence-corrected chi connectivity index (χ3v) is 2.37. The molecule has 12 heavy (non-hydrogen) atoms. The van der Waals surface area contributed by atoms with E-state index in [0.717, 1.165) is 12.8 Å². The normalized spacial score (nSPS) is 14.3. The molecule has 0 atom stereocenters. The van der Waals surface area contributed by atoms with E-state index in [0.29, 0.717) is 0 Å². The largest absolute Gasteiger partial charge is 0.257 e. The molecule has 0 fully saturated rings. The van der Waals surface area contributed by atoms with Crippen molar-refractivity contribution in [2.75, 3.05) is 0 Å². The predicted octanol–water partition coefficient (Wildman–Crippen LogP) is 2.90. The van der Waals surface area contributed by atoms with Crippen molar-refractivity contribution in [1.82, 2.24) is 0 Å². The first-order chi connectivity index (χ1) is 5.81. The van der Waals surface area contributed by atoms with Crippen LogP contribution in [0, 0.1) is 0 Å². The van der Waals surface area contributed by atoms with Gasteiger partial charge in [0.1, 0.15) is 0 Å². The Balaban J connectivity index is 2.51. The average Bonchev–Trinajstić information content (AvgIpc) is 2.44. The quantitative estimate of drug-likeness (QED) is 0.597. The van der Waals surface area contributed by atoms with Crippen molar-refractivity contribution in [2.24, 2.45) is 4.99 Å². The van der Waals surface area contributed by atoms with Gasteiger partial charge in [-0.25, -0.2) is 0 Å². The molecule has 0 bridgehead atoms. The smallest absolute Gasteiger partial charge is 0.0667 e. The van der Waals surface area contributed by atoms with Gasteiger partial charge in [0, 0.05) is 12.1 Å². The van der Waals surface area contributed by atoms with E-state index >= 15 is 0 Å². The number of hydrogen-bond acceptors (Lipinski definition) is 1. The summed E-state index contributed by atoms with van der Waals surface area (Å²) in [5.74, 6) is 0. The van der Waals surface area contributed by atoms with Gasteiger partial charge in [0.25, 0.3) is 0 Å². The predicted molar refractivity (Wildman–Crippen MR) is 52.3 cm³/mol. The summed E-state index contributed by atoms with van der Waals surface area (Å²) >= 11 is 0. The second kappa shape index (κ2) is 2.74. The fourth-order valence-electron chi connectivity index (χ4n) is 1.76. The van der Waals surface area contributed by atoms with Gasteiger partial charge in [-0.1, -0.05) is 19.1 Å². The summed E-state index contributed by atoms with van der Waals surface area (Å²) in [6.45, 7) is 4.29. The van der Waals surface area contributed by atoms with Crippen molar-refractivity contribution in [2.45, 2.75) is 26.7 Å². The Bertz CT molecular complexity index is 337. The molecule has 0 saturated heterocycles. The molecule has 1 nitrogen and oxygen atoms in total. The highest BCUT2D eigenvalue weighted by Gasteiger charge is 2.13. The van der Waals surface area contributed by atoms with E-state index in [1.54, 1.807) is 0 Å². The van der Waals surface area contributed by atoms with Crippen LogP contribution in [0.3, 0.4) is 0 Å². The van der Waals surface area contributed by atoms with Crippen LogP contribution in [0.4, 0.5) is 5.69 Å². The van der Waals surface area contributed by atoms with Crippen LogP contribution in [0.5, 0.6) is 0 Å². The minimum atomic E-state index is 1.05. The van der Waals surface area contributed by atoms with Gasteiger partial charge < -0.3 is 0 Å².